The van der Waals surface area contributed by atoms with Crippen molar-refractivity contribution in [3.8, 4) is 11.1 Å². The Balaban J connectivity index is 2.82. The summed E-state index contributed by atoms with van der Waals surface area (Å²) in [5.74, 6) is -3.55. The fourth-order valence-electron chi connectivity index (χ4n) is 1.92. The van der Waals surface area contributed by atoms with Crippen molar-refractivity contribution in [2.75, 3.05) is 0 Å². The quantitative estimate of drug-likeness (QED) is 0.917. The van der Waals surface area contributed by atoms with Gasteiger partial charge in [-0.05, 0) is 30.7 Å². The monoisotopic (exact) mass is 279 g/mol. The first-order valence-electron chi connectivity index (χ1n) is 5.72. The number of nitrogens with zero attached hydrogens (tertiary/aromatic N) is 1. The van der Waals surface area contributed by atoms with Gasteiger partial charge in [0.05, 0.1) is 0 Å². The summed E-state index contributed by atoms with van der Waals surface area (Å²) in [6.45, 7) is 1.62. The van der Waals surface area contributed by atoms with Gasteiger partial charge in [-0.25, -0.2) is 13.6 Å². The molecule has 0 saturated carbocycles. The van der Waals surface area contributed by atoms with E-state index in [4.69, 9.17) is 5.11 Å². The average Bonchev–Trinajstić information content (AvgIpc) is 2.38. The van der Waals surface area contributed by atoms with Crippen LogP contribution in [0, 0.1) is 18.6 Å². The normalized spacial score (nSPS) is 10.6. The van der Waals surface area contributed by atoms with Crippen molar-refractivity contribution < 1.29 is 18.7 Å². The number of aromatic carboxylic acids is 1. The van der Waals surface area contributed by atoms with Gasteiger partial charge in [0.2, 0.25) is 0 Å². The van der Waals surface area contributed by atoms with Gasteiger partial charge in [0, 0.05) is 18.3 Å². The molecule has 1 N–H and O–H groups in total. The van der Waals surface area contributed by atoms with Crippen LogP contribution in [0.4, 0.5) is 8.78 Å². The Kier molecular flexibility index (Phi) is 3.40. The summed E-state index contributed by atoms with van der Waals surface area (Å²) in [6, 6.07) is 4.45. The highest BCUT2D eigenvalue weighted by Crippen LogP contribution is 2.24. The lowest BCUT2D eigenvalue weighted by Crippen LogP contribution is -2.26. The van der Waals surface area contributed by atoms with Crippen molar-refractivity contribution in [3.05, 3.63) is 57.5 Å². The smallest absolute Gasteiger partial charge is 0.341 e. The van der Waals surface area contributed by atoms with Crippen LogP contribution in [0.1, 0.15) is 16.1 Å². The largest absolute Gasteiger partial charge is 0.477 e. The van der Waals surface area contributed by atoms with Crippen LogP contribution in [-0.4, -0.2) is 15.6 Å². The van der Waals surface area contributed by atoms with Crippen LogP contribution in [-0.2, 0) is 7.05 Å². The van der Waals surface area contributed by atoms with Crippen molar-refractivity contribution in [3.63, 3.8) is 0 Å². The number of hydrogen-bond acceptors (Lipinski definition) is 2. The van der Waals surface area contributed by atoms with Crippen molar-refractivity contribution in [1.82, 2.24) is 4.57 Å². The first-order chi connectivity index (χ1) is 9.32. The number of aromatic nitrogens is 1. The number of halogens is 2. The Morgan fingerprint density at radius 1 is 1.20 bits per heavy atom. The maximum absolute atomic E-state index is 13.3. The molecule has 2 aromatic rings. The van der Waals surface area contributed by atoms with Gasteiger partial charge in [-0.3, -0.25) is 4.79 Å². The third-order valence-electron chi connectivity index (χ3n) is 3.11. The van der Waals surface area contributed by atoms with Gasteiger partial charge in [0.25, 0.3) is 5.56 Å². The van der Waals surface area contributed by atoms with Crippen molar-refractivity contribution >= 4 is 5.97 Å². The topological polar surface area (TPSA) is 59.3 Å². The van der Waals surface area contributed by atoms with Gasteiger partial charge in [-0.15, -0.1) is 0 Å². The van der Waals surface area contributed by atoms with E-state index in [0.717, 1.165) is 12.1 Å². The molecule has 0 amide bonds. The average molecular weight is 279 g/mol. The van der Waals surface area contributed by atoms with E-state index < -0.39 is 28.7 Å². The summed E-state index contributed by atoms with van der Waals surface area (Å²) in [5.41, 5.74) is -0.444. The first-order valence-corrected chi connectivity index (χ1v) is 5.72. The van der Waals surface area contributed by atoms with Gasteiger partial charge >= 0.3 is 5.97 Å². The van der Waals surface area contributed by atoms with Gasteiger partial charge < -0.3 is 9.67 Å². The summed E-state index contributed by atoms with van der Waals surface area (Å²) in [4.78, 5) is 23.2. The molecule has 0 aliphatic rings. The van der Waals surface area contributed by atoms with Gasteiger partial charge in [0.1, 0.15) is 5.56 Å². The molecule has 0 aliphatic carbocycles. The zero-order valence-corrected chi connectivity index (χ0v) is 10.8. The highest BCUT2D eigenvalue weighted by Gasteiger charge is 2.19. The molecule has 1 heterocycles. The molecule has 1 aromatic heterocycles. The molecule has 2 rings (SSSR count). The van der Waals surface area contributed by atoms with E-state index in [9.17, 15) is 18.4 Å². The number of rotatable bonds is 2. The number of aryl methyl sites for hydroxylation is 1. The summed E-state index contributed by atoms with van der Waals surface area (Å²) in [6.07, 6.45) is 0. The summed E-state index contributed by atoms with van der Waals surface area (Å²) in [7, 11) is 1.44. The molecular formula is C14H11F2NO3. The Labute approximate surface area is 112 Å². The minimum atomic E-state index is -1.41. The molecule has 0 saturated heterocycles. The number of pyridine rings is 1. The van der Waals surface area contributed by atoms with Gasteiger partial charge in [-0.2, -0.15) is 0 Å². The van der Waals surface area contributed by atoms with Crippen molar-refractivity contribution in [2.24, 2.45) is 7.05 Å². The van der Waals surface area contributed by atoms with E-state index in [1.165, 1.54) is 23.7 Å². The highest BCUT2D eigenvalue weighted by molar-refractivity contribution is 5.95. The molecule has 0 aliphatic heterocycles. The van der Waals surface area contributed by atoms with Crippen LogP contribution in [0.5, 0.6) is 0 Å². The van der Waals surface area contributed by atoms with E-state index in [1.807, 2.05) is 0 Å². The molecular weight excluding hydrogens is 268 g/mol. The second-order valence-corrected chi connectivity index (χ2v) is 4.37. The fraction of sp³-hybridized carbons (Fsp3) is 0.143. The maximum Gasteiger partial charge on any atom is 0.341 e. The summed E-state index contributed by atoms with van der Waals surface area (Å²) >= 11 is 0. The third-order valence-corrected chi connectivity index (χ3v) is 3.11. The second kappa shape index (κ2) is 4.88. The third kappa shape index (κ3) is 2.20. The van der Waals surface area contributed by atoms with E-state index >= 15 is 0 Å². The number of hydrogen-bond donors (Lipinski definition) is 1. The molecule has 1 aromatic carbocycles. The first kappa shape index (κ1) is 13.9. The Morgan fingerprint density at radius 3 is 2.40 bits per heavy atom. The molecule has 20 heavy (non-hydrogen) atoms. The van der Waals surface area contributed by atoms with Crippen LogP contribution in [0.25, 0.3) is 11.1 Å². The van der Waals surface area contributed by atoms with Crippen molar-refractivity contribution in [2.45, 2.75) is 6.92 Å². The molecule has 0 bridgehead atoms. The minimum Gasteiger partial charge on any atom is -0.477 e. The lowest BCUT2D eigenvalue weighted by atomic mass is 10.00. The molecule has 0 fully saturated rings. The number of carboxylic acid groups (broad SMARTS) is 1. The van der Waals surface area contributed by atoms with Crippen LogP contribution < -0.4 is 5.56 Å². The lowest BCUT2D eigenvalue weighted by molar-refractivity contribution is 0.0695. The lowest BCUT2D eigenvalue weighted by Gasteiger charge is -2.11. The molecule has 104 valence electrons. The second-order valence-electron chi connectivity index (χ2n) is 4.37. The SMILES string of the molecule is Cc1cc(-c2ccc(F)c(F)c2)c(C(=O)O)c(=O)n1C. The van der Waals surface area contributed by atoms with Crippen LogP contribution in [0.2, 0.25) is 0 Å². The maximum atomic E-state index is 13.3. The minimum absolute atomic E-state index is 0.0667. The number of carbonyl (C=O) groups is 1. The molecule has 4 nitrogen and oxygen atoms in total. The van der Waals surface area contributed by atoms with Crippen molar-refractivity contribution in [1.29, 1.82) is 0 Å². The summed E-state index contributed by atoms with van der Waals surface area (Å²) in [5, 5.41) is 9.17. The van der Waals surface area contributed by atoms with Crippen LogP contribution in [0.3, 0.4) is 0 Å². The van der Waals surface area contributed by atoms with Crippen LogP contribution >= 0.6 is 0 Å². The molecule has 6 heteroatoms. The molecule has 0 radical (unpaired) electrons. The molecule has 0 unspecified atom stereocenters. The van der Waals surface area contributed by atoms with E-state index in [1.54, 1.807) is 6.92 Å². The predicted molar refractivity (Wildman–Crippen MR) is 68.7 cm³/mol. The number of carboxylic acids is 1. The fourth-order valence-corrected chi connectivity index (χ4v) is 1.92. The number of benzene rings is 1. The zero-order valence-electron chi connectivity index (χ0n) is 10.8. The molecule has 0 spiro atoms. The standard InChI is InChI=1S/C14H11F2NO3/c1-7-5-9(8-3-4-10(15)11(16)6-8)12(14(19)20)13(18)17(7)2/h3-6H,1-2H3,(H,19,20). The van der Waals surface area contributed by atoms with E-state index in [0.29, 0.717) is 5.69 Å². The zero-order chi connectivity index (χ0) is 15.0. The van der Waals surface area contributed by atoms with Gasteiger partial charge in [-0.1, -0.05) is 6.07 Å². The van der Waals surface area contributed by atoms with E-state index in [2.05, 4.69) is 0 Å². The Bertz CT molecular complexity index is 766. The summed E-state index contributed by atoms with van der Waals surface area (Å²) < 4.78 is 27.4. The highest BCUT2D eigenvalue weighted by atomic mass is 19.2. The molecule has 0 atom stereocenters. The predicted octanol–water partition coefficient (Wildman–Crippen LogP) is 2.34. The Morgan fingerprint density at radius 2 is 1.85 bits per heavy atom. The van der Waals surface area contributed by atoms with Gasteiger partial charge in [0.15, 0.2) is 11.6 Å². The van der Waals surface area contributed by atoms with Crippen LogP contribution in [0.15, 0.2) is 29.1 Å². The van der Waals surface area contributed by atoms with E-state index in [-0.39, 0.29) is 11.1 Å². The Hall–Kier alpha value is -2.50.